The smallest absolute Gasteiger partial charge is 0.416 e. The molecule has 0 radical (unpaired) electrons. The van der Waals surface area contributed by atoms with E-state index in [1.54, 1.807) is 66.8 Å². The van der Waals surface area contributed by atoms with Gasteiger partial charge in [-0.05, 0) is 83.4 Å². The first-order chi connectivity index (χ1) is 21.1. The number of amides is 2. The number of carbonyl (C=O) groups is 2. The third kappa shape index (κ3) is 9.58. The average molecular weight is 658 g/mol. The summed E-state index contributed by atoms with van der Waals surface area (Å²) in [6.45, 7) is 22.4. The van der Waals surface area contributed by atoms with E-state index in [-0.39, 0.29) is 30.4 Å². The molecule has 0 bridgehead atoms. The highest BCUT2D eigenvalue weighted by Gasteiger charge is 2.37. The molecule has 0 fully saturated rings. The number of methoxy groups -OCH3 is 1. The van der Waals surface area contributed by atoms with Gasteiger partial charge in [0.15, 0.2) is 25.5 Å². The van der Waals surface area contributed by atoms with Crippen LogP contribution >= 0.6 is 0 Å². The lowest BCUT2D eigenvalue weighted by Gasteiger charge is -2.37. The molecule has 0 spiro atoms. The molecular formula is C33H51N5O7Si. The number of phenols is 1. The second-order valence-electron chi connectivity index (χ2n) is 14.7. The first kappa shape index (κ1) is 36.6. The Bertz CT molecular complexity index is 1520. The maximum absolute atomic E-state index is 13.6. The van der Waals surface area contributed by atoms with E-state index in [1.807, 2.05) is 20.8 Å². The first-order valence-electron chi connectivity index (χ1n) is 15.5. The number of ether oxygens (including phenoxy) is 3. The molecule has 2 heterocycles. The van der Waals surface area contributed by atoms with Crippen LogP contribution in [0.4, 0.5) is 15.4 Å². The van der Waals surface area contributed by atoms with Crippen molar-refractivity contribution in [1.82, 2.24) is 19.5 Å². The molecule has 3 aromatic rings. The maximum Gasteiger partial charge on any atom is 0.416 e. The van der Waals surface area contributed by atoms with Crippen molar-refractivity contribution in [2.75, 3.05) is 38.3 Å². The monoisotopic (exact) mass is 657 g/mol. The molecule has 0 atom stereocenters. The van der Waals surface area contributed by atoms with Crippen LogP contribution in [-0.4, -0.2) is 89.7 Å². The predicted octanol–water partition coefficient (Wildman–Crippen LogP) is 7.11. The molecule has 0 aliphatic heterocycles. The van der Waals surface area contributed by atoms with Gasteiger partial charge in [0.05, 0.1) is 19.9 Å². The number of aromatic hydroxyl groups is 1. The van der Waals surface area contributed by atoms with Crippen LogP contribution in [0.15, 0.2) is 36.7 Å². The number of phenolic OH excluding ortho intramolecular Hbond substituents is 1. The van der Waals surface area contributed by atoms with Gasteiger partial charge in [-0.25, -0.2) is 19.1 Å². The third-order valence-electron chi connectivity index (χ3n) is 7.61. The first-order valence-corrected chi connectivity index (χ1v) is 18.4. The summed E-state index contributed by atoms with van der Waals surface area (Å²) in [5.41, 5.74) is 0.287. The number of rotatable bonds is 10. The van der Waals surface area contributed by atoms with Crippen molar-refractivity contribution in [1.29, 1.82) is 0 Å². The molecule has 12 nitrogen and oxygen atoms in total. The molecule has 3 rings (SSSR count). The Labute approximate surface area is 273 Å². The van der Waals surface area contributed by atoms with Gasteiger partial charge < -0.3 is 28.6 Å². The van der Waals surface area contributed by atoms with Gasteiger partial charge in [-0.2, -0.15) is 5.10 Å². The Hall–Kier alpha value is -3.84. The van der Waals surface area contributed by atoms with Gasteiger partial charge in [0.25, 0.3) is 0 Å². The van der Waals surface area contributed by atoms with Crippen LogP contribution in [0.3, 0.4) is 0 Å². The fraction of sp³-hybridized carbons (Fsp3) is 0.576. The van der Waals surface area contributed by atoms with Gasteiger partial charge in [0, 0.05) is 31.4 Å². The van der Waals surface area contributed by atoms with Crippen molar-refractivity contribution in [3.63, 3.8) is 0 Å². The fourth-order valence-corrected chi connectivity index (χ4v) is 5.19. The van der Waals surface area contributed by atoms with Crippen LogP contribution in [0.5, 0.6) is 11.5 Å². The number of carbonyl (C=O) groups excluding carboxylic acids is 2. The normalized spacial score (nSPS) is 12.6. The summed E-state index contributed by atoms with van der Waals surface area (Å²) in [4.78, 5) is 34.7. The highest BCUT2D eigenvalue weighted by Crippen LogP contribution is 2.36. The molecule has 254 valence electrons. The summed E-state index contributed by atoms with van der Waals surface area (Å²) >= 11 is 0. The van der Waals surface area contributed by atoms with E-state index >= 15 is 0 Å². The Morgan fingerprint density at radius 3 is 2.11 bits per heavy atom. The van der Waals surface area contributed by atoms with Crippen molar-refractivity contribution < 1.29 is 33.3 Å². The third-order valence-corrected chi connectivity index (χ3v) is 12.1. The van der Waals surface area contributed by atoms with Crippen molar-refractivity contribution in [2.24, 2.45) is 0 Å². The van der Waals surface area contributed by atoms with Crippen LogP contribution in [0.2, 0.25) is 18.1 Å². The van der Waals surface area contributed by atoms with E-state index in [9.17, 15) is 14.7 Å². The Balaban J connectivity index is 1.96. The van der Waals surface area contributed by atoms with E-state index in [4.69, 9.17) is 23.6 Å². The minimum absolute atomic E-state index is 0.0126. The molecule has 1 aromatic carbocycles. The molecule has 46 heavy (non-hydrogen) atoms. The van der Waals surface area contributed by atoms with Crippen molar-refractivity contribution in [3.8, 4) is 22.6 Å². The summed E-state index contributed by atoms with van der Waals surface area (Å²) < 4.78 is 24.6. The number of anilines is 1. The molecule has 0 saturated carbocycles. The zero-order chi connectivity index (χ0) is 34.7. The SMILES string of the molecule is COc1ccc(-c2cnn3ccc(N(CCN(CCO[Si](C)(C)C(C)(C)C)C(=O)OC(C)(C)C)C(=O)OC(C)(C)C)nc23)cc1O. The zero-order valence-corrected chi connectivity index (χ0v) is 30.4. The molecule has 0 unspecified atom stereocenters. The highest BCUT2D eigenvalue weighted by molar-refractivity contribution is 6.74. The van der Waals surface area contributed by atoms with Gasteiger partial charge in [-0.15, -0.1) is 0 Å². The largest absolute Gasteiger partial charge is 0.504 e. The van der Waals surface area contributed by atoms with Crippen molar-refractivity contribution in [3.05, 3.63) is 36.7 Å². The topological polar surface area (TPSA) is 128 Å². The van der Waals surface area contributed by atoms with Crippen LogP contribution < -0.4 is 9.64 Å². The number of hydrogen-bond acceptors (Lipinski definition) is 9. The summed E-state index contributed by atoms with van der Waals surface area (Å²) in [5.74, 6) is 0.628. The van der Waals surface area contributed by atoms with Gasteiger partial charge in [0.2, 0.25) is 0 Å². The molecule has 2 aromatic heterocycles. The van der Waals surface area contributed by atoms with E-state index in [0.717, 1.165) is 0 Å². The maximum atomic E-state index is 13.6. The zero-order valence-electron chi connectivity index (χ0n) is 29.4. The van der Waals surface area contributed by atoms with Crippen molar-refractivity contribution >= 4 is 32.0 Å². The minimum Gasteiger partial charge on any atom is -0.504 e. The molecule has 0 aliphatic carbocycles. The second kappa shape index (κ2) is 13.9. The molecule has 2 amide bonds. The summed E-state index contributed by atoms with van der Waals surface area (Å²) in [6, 6.07) is 6.68. The Morgan fingerprint density at radius 2 is 1.54 bits per heavy atom. The Morgan fingerprint density at radius 1 is 0.913 bits per heavy atom. The van der Waals surface area contributed by atoms with Gasteiger partial charge in [0.1, 0.15) is 17.0 Å². The summed E-state index contributed by atoms with van der Waals surface area (Å²) in [7, 11) is -0.581. The van der Waals surface area contributed by atoms with E-state index in [0.29, 0.717) is 34.9 Å². The van der Waals surface area contributed by atoms with Gasteiger partial charge in [-0.3, -0.25) is 4.90 Å². The number of fused-ring (bicyclic) bond motifs is 1. The number of benzene rings is 1. The fourth-order valence-electron chi connectivity index (χ4n) is 4.16. The second-order valence-corrected chi connectivity index (χ2v) is 19.5. The van der Waals surface area contributed by atoms with E-state index < -0.39 is 31.7 Å². The quantitative estimate of drug-likeness (QED) is 0.227. The van der Waals surface area contributed by atoms with Crippen molar-refractivity contribution in [2.45, 2.75) is 91.6 Å². The van der Waals surface area contributed by atoms with Crippen LogP contribution in [0.1, 0.15) is 62.3 Å². The standard InChI is InChI=1S/C33H51N5O7Si/c1-31(2,3)44-29(40)36(19-20-43-46(11,12)33(7,8)9)17-18-37(30(41)45-32(4,5)6)27-15-16-38-28(35-27)24(22-34-38)23-13-14-26(42-10)25(39)21-23/h13-16,21-22,39H,17-20H2,1-12H3. The van der Waals surface area contributed by atoms with Crippen LogP contribution in [0.25, 0.3) is 16.8 Å². The summed E-state index contributed by atoms with van der Waals surface area (Å²) in [5, 5.41) is 14.8. The lowest BCUT2D eigenvalue weighted by atomic mass is 10.1. The van der Waals surface area contributed by atoms with Crippen LogP contribution in [-0.2, 0) is 13.9 Å². The minimum atomic E-state index is -2.06. The van der Waals surface area contributed by atoms with Crippen LogP contribution in [0, 0.1) is 0 Å². The molecule has 0 saturated heterocycles. The molecular weight excluding hydrogens is 606 g/mol. The van der Waals surface area contributed by atoms with Gasteiger partial charge in [-0.1, -0.05) is 26.8 Å². The van der Waals surface area contributed by atoms with E-state index in [2.05, 4.69) is 39.0 Å². The number of aromatic nitrogens is 3. The molecule has 13 heteroatoms. The molecule has 0 aliphatic rings. The Kier molecular flexibility index (Phi) is 11.0. The number of nitrogens with zero attached hydrogens (tertiary/aromatic N) is 5. The number of hydrogen-bond donors (Lipinski definition) is 1. The lowest BCUT2D eigenvalue weighted by Crippen LogP contribution is -2.47. The highest BCUT2D eigenvalue weighted by atomic mass is 28.4. The van der Waals surface area contributed by atoms with E-state index in [1.165, 1.54) is 12.0 Å². The predicted molar refractivity (Wildman–Crippen MR) is 181 cm³/mol. The van der Waals surface area contributed by atoms with Gasteiger partial charge >= 0.3 is 12.2 Å². The summed E-state index contributed by atoms with van der Waals surface area (Å²) in [6.07, 6.45) is 2.21. The molecule has 1 N–H and O–H groups in total. The average Bonchev–Trinajstić information content (AvgIpc) is 3.33. The lowest BCUT2D eigenvalue weighted by molar-refractivity contribution is 0.0221.